The second kappa shape index (κ2) is 5.08. The van der Waals surface area contributed by atoms with Crippen LogP contribution in [-0.2, 0) is 9.22 Å². The van der Waals surface area contributed by atoms with Crippen LogP contribution < -0.4 is 0 Å². The zero-order valence-electron chi connectivity index (χ0n) is 9.64. The van der Waals surface area contributed by atoms with Crippen LogP contribution in [0.5, 0.6) is 0 Å². The van der Waals surface area contributed by atoms with Gasteiger partial charge in [-0.2, -0.15) is 0 Å². The quantitative estimate of drug-likeness (QED) is 0.657. The fourth-order valence-electron chi connectivity index (χ4n) is 2.23. The van der Waals surface area contributed by atoms with Gasteiger partial charge in [-0.05, 0) is 24.6 Å². The summed E-state index contributed by atoms with van der Waals surface area (Å²) in [5.74, 6) is 0.390. The molecular formula is C11H22O2Si. The molecule has 1 aliphatic carbocycles. The van der Waals surface area contributed by atoms with Gasteiger partial charge in [0, 0.05) is 12.8 Å². The maximum absolute atomic E-state index is 11.1. The summed E-state index contributed by atoms with van der Waals surface area (Å²) in [5.41, 5.74) is 0. The number of ketones is 1. The Kier molecular flexibility index (Phi) is 4.32. The molecule has 1 saturated carbocycles. The molecular weight excluding hydrogens is 192 g/mol. The maximum Gasteiger partial charge on any atom is 0.192 e. The molecule has 1 fully saturated rings. The van der Waals surface area contributed by atoms with E-state index in [1.54, 1.807) is 0 Å². The smallest absolute Gasteiger partial charge is 0.192 e. The van der Waals surface area contributed by atoms with Gasteiger partial charge >= 0.3 is 0 Å². The van der Waals surface area contributed by atoms with E-state index in [-0.39, 0.29) is 6.10 Å². The van der Waals surface area contributed by atoms with Crippen molar-refractivity contribution in [2.75, 3.05) is 0 Å². The third-order valence-corrected chi connectivity index (χ3v) is 8.25. The first kappa shape index (κ1) is 11.9. The van der Waals surface area contributed by atoms with Gasteiger partial charge in [0.05, 0.1) is 6.10 Å². The minimum Gasteiger partial charge on any atom is -0.413 e. The van der Waals surface area contributed by atoms with Crippen LogP contribution in [0.1, 0.15) is 40.0 Å². The lowest BCUT2D eigenvalue weighted by Crippen LogP contribution is -2.39. The van der Waals surface area contributed by atoms with Crippen LogP contribution in [0.2, 0.25) is 18.1 Å². The Morgan fingerprint density at radius 3 is 2.21 bits per heavy atom. The number of hydrogen-bond donors (Lipinski definition) is 0. The number of carbonyl (C=O) groups is 1. The van der Waals surface area contributed by atoms with Crippen LogP contribution in [0.4, 0.5) is 0 Å². The van der Waals surface area contributed by atoms with E-state index in [1.165, 1.54) is 18.1 Å². The summed E-state index contributed by atoms with van der Waals surface area (Å²) in [6.45, 7) is 6.70. The van der Waals surface area contributed by atoms with E-state index in [1.807, 2.05) is 0 Å². The number of hydrogen-bond acceptors (Lipinski definition) is 2. The van der Waals surface area contributed by atoms with E-state index < -0.39 is 8.32 Å². The molecule has 1 unspecified atom stereocenters. The van der Waals surface area contributed by atoms with Crippen LogP contribution in [-0.4, -0.2) is 20.2 Å². The minimum absolute atomic E-state index is 0.258. The molecule has 1 rings (SSSR count). The summed E-state index contributed by atoms with van der Waals surface area (Å²) in [7, 11) is -1.46. The molecule has 1 atom stereocenters. The third kappa shape index (κ3) is 2.67. The summed E-state index contributed by atoms with van der Waals surface area (Å²) < 4.78 is 6.24. The minimum atomic E-state index is -1.46. The van der Waals surface area contributed by atoms with Crippen molar-refractivity contribution in [2.24, 2.45) is 0 Å². The largest absolute Gasteiger partial charge is 0.413 e. The maximum atomic E-state index is 11.1. The summed E-state index contributed by atoms with van der Waals surface area (Å²) in [4.78, 5) is 11.1. The molecule has 0 aliphatic heterocycles. The summed E-state index contributed by atoms with van der Waals surface area (Å²) in [6.07, 6.45) is 2.64. The van der Waals surface area contributed by atoms with Gasteiger partial charge < -0.3 is 4.43 Å². The Morgan fingerprint density at radius 1 is 1.29 bits per heavy atom. The molecule has 1 aliphatic rings. The first-order valence-corrected chi connectivity index (χ1v) is 8.38. The summed E-state index contributed by atoms with van der Waals surface area (Å²) >= 11 is 0. The monoisotopic (exact) mass is 214 g/mol. The molecule has 0 saturated heterocycles. The van der Waals surface area contributed by atoms with Crippen LogP contribution in [0.15, 0.2) is 0 Å². The van der Waals surface area contributed by atoms with E-state index in [9.17, 15) is 4.79 Å². The van der Waals surface area contributed by atoms with Gasteiger partial charge in [-0.3, -0.25) is 4.79 Å². The van der Waals surface area contributed by atoms with Gasteiger partial charge in [0.2, 0.25) is 0 Å². The first-order chi connectivity index (χ1) is 6.65. The van der Waals surface area contributed by atoms with Crippen molar-refractivity contribution in [1.29, 1.82) is 0 Å². The average Bonchev–Trinajstić information content (AvgIpc) is 2.61. The Balaban J connectivity index is 2.51. The zero-order valence-corrected chi connectivity index (χ0v) is 10.6. The molecule has 14 heavy (non-hydrogen) atoms. The molecule has 0 aromatic rings. The van der Waals surface area contributed by atoms with Crippen LogP contribution in [0, 0.1) is 0 Å². The molecule has 0 N–H and O–H groups in total. The van der Waals surface area contributed by atoms with Crippen molar-refractivity contribution in [2.45, 2.75) is 64.3 Å². The van der Waals surface area contributed by atoms with Crippen molar-refractivity contribution in [3.63, 3.8) is 0 Å². The third-order valence-electron chi connectivity index (χ3n) is 3.55. The average molecular weight is 214 g/mol. The molecule has 2 nitrogen and oxygen atoms in total. The fraction of sp³-hybridized carbons (Fsp3) is 0.909. The Bertz CT molecular complexity index is 191. The zero-order chi connectivity index (χ0) is 10.6. The SMILES string of the molecule is CC[Si](CC)(CC)OC1CCC(=O)C1. The first-order valence-electron chi connectivity index (χ1n) is 5.85. The van der Waals surface area contributed by atoms with Crippen LogP contribution >= 0.6 is 0 Å². The molecule has 0 aromatic heterocycles. The van der Waals surface area contributed by atoms with Gasteiger partial charge in [-0.1, -0.05) is 20.8 Å². The predicted molar refractivity (Wildman–Crippen MR) is 60.9 cm³/mol. The van der Waals surface area contributed by atoms with Gasteiger partial charge in [-0.15, -0.1) is 0 Å². The van der Waals surface area contributed by atoms with Gasteiger partial charge in [0.15, 0.2) is 8.32 Å². The lowest BCUT2D eigenvalue weighted by molar-refractivity contribution is -0.117. The second-order valence-corrected chi connectivity index (χ2v) is 8.99. The fourth-order valence-corrected chi connectivity index (χ4v) is 5.14. The van der Waals surface area contributed by atoms with Gasteiger partial charge in [-0.25, -0.2) is 0 Å². The van der Waals surface area contributed by atoms with Crippen molar-refractivity contribution in [3.8, 4) is 0 Å². The normalized spacial score (nSPS) is 23.1. The van der Waals surface area contributed by atoms with E-state index >= 15 is 0 Å². The molecule has 0 spiro atoms. The lowest BCUT2D eigenvalue weighted by Gasteiger charge is -2.31. The highest BCUT2D eigenvalue weighted by molar-refractivity contribution is 6.73. The Morgan fingerprint density at radius 2 is 1.86 bits per heavy atom. The van der Waals surface area contributed by atoms with Crippen LogP contribution in [0.3, 0.4) is 0 Å². The Labute approximate surface area is 88.2 Å². The lowest BCUT2D eigenvalue weighted by atomic mass is 10.3. The van der Waals surface area contributed by atoms with Crippen LogP contribution in [0.25, 0.3) is 0 Å². The Hall–Kier alpha value is -0.153. The summed E-state index contributed by atoms with van der Waals surface area (Å²) in [5, 5.41) is 0. The van der Waals surface area contributed by atoms with E-state index in [2.05, 4.69) is 20.8 Å². The van der Waals surface area contributed by atoms with Crippen molar-refractivity contribution >= 4 is 14.1 Å². The highest BCUT2D eigenvalue weighted by atomic mass is 28.4. The molecule has 3 heteroatoms. The second-order valence-electron chi connectivity index (χ2n) is 4.27. The number of Topliss-reactive ketones (excluding diaryl/α,β-unsaturated/α-hetero) is 1. The highest BCUT2D eigenvalue weighted by Gasteiger charge is 2.34. The molecule has 82 valence electrons. The number of rotatable bonds is 5. The van der Waals surface area contributed by atoms with E-state index in [0.29, 0.717) is 12.2 Å². The number of carbonyl (C=O) groups excluding carboxylic acids is 1. The van der Waals surface area contributed by atoms with Crippen molar-refractivity contribution < 1.29 is 9.22 Å². The van der Waals surface area contributed by atoms with Gasteiger partial charge in [0.25, 0.3) is 0 Å². The molecule has 0 heterocycles. The molecule has 0 radical (unpaired) electrons. The molecule has 0 aromatic carbocycles. The summed E-state index contributed by atoms with van der Waals surface area (Å²) in [6, 6.07) is 3.56. The van der Waals surface area contributed by atoms with E-state index in [4.69, 9.17) is 4.43 Å². The van der Waals surface area contributed by atoms with Crippen molar-refractivity contribution in [3.05, 3.63) is 0 Å². The molecule has 0 amide bonds. The topological polar surface area (TPSA) is 26.3 Å². The van der Waals surface area contributed by atoms with E-state index in [0.717, 1.165) is 12.8 Å². The molecule has 0 bridgehead atoms. The van der Waals surface area contributed by atoms with Gasteiger partial charge in [0.1, 0.15) is 5.78 Å². The standard InChI is InChI=1S/C11H22O2Si/c1-4-14(5-2,6-3)13-11-8-7-10(12)9-11/h11H,4-9H2,1-3H3. The highest BCUT2D eigenvalue weighted by Crippen LogP contribution is 2.28. The van der Waals surface area contributed by atoms with Crippen molar-refractivity contribution in [1.82, 2.24) is 0 Å². The predicted octanol–water partition coefficient (Wildman–Crippen LogP) is 3.13.